The van der Waals surface area contributed by atoms with Gasteiger partial charge in [-0.1, -0.05) is 24.3 Å². The third-order valence-electron chi connectivity index (χ3n) is 2.31. The van der Waals surface area contributed by atoms with E-state index in [1.54, 1.807) is 6.07 Å². The maximum atomic E-state index is 11.4. The van der Waals surface area contributed by atoms with E-state index < -0.39 is 0 Å². The monoisotopic (exact) mass is 304 g/mol. The van der Waals surface area contributed by atoms with E-state index in [2.05, 4.69) is 34.0 Å². The van der Waals surface area contributed by atoms with Crippen LogP contribution in [0.5, 0.6) is 0 Å². The molecule has 0 fully saturated rings. The molecule has 1 aromatic carbocycles. The first-order chi connectivity index (χ1) is 9.88. The molecule has 0 bridgehead atoms. The number of para-hydroxylation sites is 1. The fourth-order valence-corrected chi connectivity index (χ4v) is 1.61. The maximum Gasteiger partial charge on any atom is 0.232 e. The largest absolute Gasteiger partial charge is 0.377 e. The predicted octanol–water partition coefficient (Wildman–Crippen LogP) is 0.629. The molecule has 0 atom stereocenters. The van der Waals surface area contributed by atoms with Crippen molar-refractivity contribution in [3.8, 4) is 0 Å². The molecule has 1 heterocycles. The van der Waals surface area contributed by atoms with Crippen LogP contribution in [0.3, 0.4) is 0 Å². The number of rotatable bonds is 2. The highest BCUT2D eigenvalue weighted by molar-refractivity contribution is 7.80. The topological polar surface area (TPSA) is 111 Å². The number of aromatic nitrogens is 1. The summed E-state index contributed by atoms with van der Waals surface area (Å²) in [4.78, 5) is 26.4. The van der Waals surface area contributed by atoms with Gasteiger partial charge in [0.1, 0.15) is 0 Å². The molecule has 110 valence electrons. The summed E-state index contributed by atoms with van der Waals surface area (Å²) in [5.74, 6) is -0.684. The van der Waals surface area contributed by atoms with Crippen LogP contribution in [0.2, 0.25) is 0 Å². The van der Waals surface area contributed by atoms with Gasteiger partial charge in [0, 0.05) is 12.3 Å². The van der Waals surface area contributed by atoms with Gasteiger partial charge >= 0.3 is 0 Å². The molecule has 2 aromatic rings. The molecule has 0 radical (unpaired) electrons. The molecule has 6 nitrogen and oxygen atoms in total. The summed E-state index contributed by atoms with van der Waals surface area (Å²) >= 11 is 4.09. The Morgan fingerprint density at radius 1 is 1.19 bits per heavy atom. The van der Waals surface area contributed by atoms with Crippen molar-refractivity contribution in [2.45, 2.75) is 13.3 Å². The van der Waals surface area contributed by atoms with E-state index in [9.17, 15) is 9.59 Å². The maximum absolute atomic E-state index is 11.4. The second kappa shape index (κ2) is 7.91. The zero-order valence-electron chi connectivity index (χ0n) is 11.5. The summed E-state index contributed by atoms with van der Waals surface area (Å²) < 4.78 is 0. The highest BCUT2D eigenvalue weighted by atomic mass is 32.1. The molecule has 0 unspecified atom stereocenters. The number of nitrogens with one attached hydrogen (secondary N) is 1. The number of thiocarbonyl (C=S) groups is 1. The number of nitrogens with zero attached hydrogens (tertiary/aromatic N) is 1. The first kappa shape index (κ1) is 16.5. The zero-order chi connectivity index (χ0) is 15.8. The normalized spacial score (nSPS) is 9.38. The van der Waals surface area contributed by atoms with Gasteiger partial charge in [0.2, 0.25) is 11.8 Å². The standard InChI is InChI=1S/C13H12N2O2.CH4N2S/c1-9(16)14-13(17)8-11-7-6-10-4-2-3-5-12(10)15-11;2-1(3)4/h2-7H,8H2,1H3,(H,14,16,17);(H4,2,3,4). The fraction of sp³-hybridized carbons (Fsp3) is 0.143. The SMILES string of the molecule is CC(=O)NC(=O)Cc1ccc2ccccc2n1.NC(N)=S. The summed E-state index contributed by atoms with van der Waals surface area (Å²) in [6.45, 7) is 1.31. The van der Waals surface area contributed by atoms with Crippen LogP contribution >= 0.6 is 12.2 Å². The molecule has 0 saturated heterocycles. The van der Waals surface area contributed by atoms with Gasteiger partial charge in [0.05, 0.1) is 17.6 Å². The van der Waals surface area contributed by atoms with Gasteiger partial charge in [-0.25, -0.2) is 0 Å². The lowest BCUT2D eigenvalue weighted by atomic mass is 10.2. The zero-order valence-corrected chi connectivity index (χ0v) is 12.3. The van der Waals surface area contributed by atoms with Gasteiger partial charge in [-0.2, -0.15) is 0 Å². The van der Waals surface area contributed by atoms with Gasteiger partial charge < -0.3 is 11.5 Å². The summed E-state index contributed by atoms with van der Waals surface area (Å²) in [7, 11) is 0. The summed E-state index contributed by atoms with van der Waals surface area (Å²) in [6.07, 6.45) is 0.115. The lowest BCUT2D eigenvalue weighted by Gasteiger charge is -2.02. The average Bonchev–Trinajstić information content (AvgIpc) is 2.36. The van der Waals surface area contributed by atoms with Crippen molar-refractivity contribution in [3.05, 3.63) is 42.1 Å². The van der Waals surface area contributed by atoms with Crippen LogP contribution in [-0.4, -0.2) is 21.9 Å². The number of amides is 2. The Labute approximate surface area is 127 Å². The van der Waals surface area contributed by atoms with Crippen molar-refractivity contribution in [3.63, 3.8) is 0 Å². The fourth-order valence-electron chi connectivity index (χ4n) is 1.61. The molecule has 0 saturated carbocycles. The minimum atomic E-state index is -0.351. The van der Waals surface area contributed by atoms with Gasteiger partial charge in [-0.3, -0.25) is 19.9 Å². The first-order valence-corrected chi connectivity index (χ1v) is 6.49. The Bertz CT molecular complexity index is 669. The van der Waals surface area contributed by atoms with Gasteiger partial charge in [-0.15, -0.1) is 0 Å². The van der Waals surface area contributed by atoms with E-state index in [0.29, 0.717) is 5.69 Å². The number of nitrogens with two attached hydrogens (primary N) is 2. The Morgan fingerprint density at radius 3 is 2.43 bits per heavy atom. The Kier molecular flexibility index (Phi) is 6.22. The van der Waals surface area contributed by atoms with Crippen molar-refractivity contribution in [1.82, 2.24) is 10.3 Å². The van der Waals surface area contributed by atoms with Crippen LogP contribution in [0.25, 0.3) is 10.9 Å². The molecule has 21 heavy (non-hydrogen) atoms. The highest BCUT2D eigenvalue weighted by Gasteiger charge is 2.06. The van der Waals surface area contributed by atoms with Crippen molar-refractivity contribution in [2.75, 3.05) is 0 Å². The van der Waals surface area contributed by atoms with Crippen molar-refractivity contribution >= 4 is 40.0 Å². The molecular formula is C14H16N4O2S. The van der Waals surface area contributed by atoms with E-state index in [1.807, 2.05) is 30.3 Å². The number of carbonyl (C=O) groups is 2. The molecule has 0 spiro atoms. The van der Waals surface area contributed by atoms with Crippen molar-refractivity contribution in [1.29, 1.82) is 0 Å². The molecule has 0 aliphatic heterocycles. The van der Waals surface area contributed by atoms with Crippen LogP contribution in [-0.2, 0) is 16.0 Å². The number of pyridine rings is 1. The number of fused-ring (bicyclic) bond motifs is 1. The Hall–Kier alpha value is -2.54. The summed E-state index contributed by atoms with van der Waals surface area (Å²) in [5, 5.41) is 3.25. The molecule has 5 N–H and O–H groups in total. The third-order valence-corrected chi connectivity index (χ3v) is 2.31. The number of imide groups is 1. The van der Waals surface area contributed by atoms with Gasteiger partial charge in [0.25, 0.3) is 0 Å². The molecule has 1 aromatic heterocycles. The van der Waals surface area contributed by atoms with E-state index >= 15 is 0 Å². The summed E-state index contributed by atoms with van der Waals surface area (Å²) in [5.41, 5.74) is 10.7. The number of carbonyl (C=O) groups excluding carboxylic acids is 2. The Balaban J connectivity index is 0.000000491. The predicted molar refractivity (Wildman–Crippen MR) is 85.2 cm³/mol. The minimum Gasteiger partial charge on any atom is -0.377 e. The third kappa shape index (κ3) is 6.44. The molecule has 2 amide bonds. The van der Waals surface area contributed by atoms with Gasteiger partial charge in [0.15, 0.2) is 5.11 Å². The molecule has 0 aliphatic rings. The quantitative estimate of drug-likeness (QED) is 0.702. The molecule has 2 rings (SSSR count). The average molecular weight is 304 g/mol. The number of hydrogen-bond donors (Lipinski definition) is 3. The number of benzene rings is 1. The molecule has 7 heteroatoms. The first-order valence-electron chi connectivity index (χ1n) is 6.08. The van der Waals surface area contributed by atoms with Crippen LogP contribution in [0.1, 0.15) is 12.6 Å². The van der Waals surface area contributed by atoms with E-state index in [-0.39, 0.29) is 23.3 Å². The van der Waals surface area contributed by atoms with E-state index in [1.165, 1.54) is 6.92 Å². The van der Waals surface area contributed by atoms with Crippen LogP contribution in [0, 0.1) is 0 Å². The smallest absolute Gasteiger partial charge is 0.232 e. The Morgan fingerprint density at radius 2 is 1.81 bits per heavy atom. The number of hydrogen-bond acceptors (Lipinski definition) is 4. The summed E-state index contributed by atoms with van der Waals surface area (Å²) in [6, 6.07) is 11.4. The van der Waals surface area contributed by atoms with Crippen LogP contribution in [0.4, 0.5) is 0 Å². The second-order valence-corrected chi connectivity index (χ2v) is 4.65. The highest BCUT2D eigenvalue weighted by Crippen LogP contribution is 2.11. The molecule has 0 aliphatic carbocycles. The van der Waals surface area contributed by atoms with Crippen LogP contribution in [0.15, 0.2) is 36.4 Å². The van der Waals surface area contributed by atoms with E-state index in [0.717, 1.165) is 10.9 Å². The van der Waals surface area contributed by atoms with Crippen molar-refractivity contribution in [2.24, 2.45) is 11.5 Å². The molecular weight excluding hydrogens is 288 g/mol. The van der Waals surface area contributed by atoms with Gasteiger partial charge in [-0.05, 0) is 24.4 Å². The van der Waals surface area contributed by atoms with Crippen LogP contribution < -0.4 is 16.8 Å². The van der Waals surface area contributed by atoms with E-state index in [4.69, 9.17) is 0 Å². The second-order valence-electron chi connectivity index (χ2n) is 4.18. The lowest BCUT2D eigenvalue weighted by molar-refractivity contribution is -0.128. The lowest BCUT2D eigenvalue weighted by Crippen LogP contribution is -2.29. The van der Waals surface area contributed by atoms with Crippen molar-refractivity contribution < 1.29 is 9.59 Å². The minimum absolute atomic E-state index is 0.000000000000000222.